The van der Waals surface area contributed by atoms with Gasteiger partial charge in [-0.05, 0) is 0 Å². The molecular formula is H18B18S. The van der Waals surface area contributed by atoms with Gasteiger partial charge in [-0.25, -0.2) is 0 Å². The second-order valence-electron chi connectivity index (χ2n) is 7.70. The molecule has 0 aliphatic rings. The molecule has 0 rings (SSSR count). The first-order valence-electron chi connectivity index (χ1n) is 8.10. The standard InChI is InChI=1S/B18H18S/c1-11(2)15(9)18(14(7)8)16(10-19)17(12(3)4)13(5)6/h1-9H2. The van der Waals surface area contributed by atoms with E-state index in [1.807, 2.05) is 0 Å². The first-order chi connectivity index (χ1) is 8.64. The Morgan fingerprint density at radius 1 is 0.579 bits per heavy atom. The quantitative estimate of drug-likeness (QED) is 0.383. The van der Waals surface area contributed by atoms with E-state index in [0.717, 1.165) is 12.8 Å². The summed E-state index contributed by atoms with van der Waals surface area (Å²) in [5, 5.41) is 0. The number of hydrogen-bond acceptors (Lipinski definition) is 1. The van der Waals surface area contributed by atoms with Gasteiger partial charge < -0.3 is 0 Å². The number of hydrogen-bond donors (Lipinski definition) is 0. The van der Waals surface area contributed by atoms with Crippen LogP contribution in [0.2, 0.25) is 0 Å². The van der Waals surface area contributed by atoms with E-state index in [1.165, 1.54) is 0 Å². The molecule has 0 aromatic heterocycles. The first kappa shape index (κ1) is 20.4. The average molecular weight is 245 g/mol. The SMILES string of the molecule is BB(B)B(B)B(B(B)B)B(B=S)B(B(B)B)B(B)B. The minimum absolute atomic E-state index is 0.562. The van der Waals surface area contributed by atoms with E-state index < -0.39 is 0 Å². The van der Waals surface area contributed by atoms with Gasteiger partial charge in [-0.3, -0.25) is 0 Å². The van der Waals surface area contributed by atoms with Gasteiger partial charge >= 0.3 is 139 Å². The maximum absolute atomic E-state index is 5.46. The molecule has 0 fully saturated rings. The third kappa shape index (κ3) is 5.95. The minimum atomic E-state index is 0.562. The van der Waals surface area contributed by atoms with E-state index in [1.54, 1.807) is 0 Å². The van der Waals surface area contributed by atoms with E-state index in [4.69, 9.17) is 12.1 Å². The molecule has 0 bridgehead atoms. The molecule has 0 heterocycles. The molecule has 0 spiro atoms. The van der Waals surface area contributed by atoms with Gasteiger partial charge in [0.1, 0.15) is 0 Å². The van der Waals surface area contributed by atoms with E-state index >= 15 is 0 Å². The molecular weight excluding hydrogens is 227 g/mol. The summed E-state index contributed by atoms with van der Waals surface area (Å²) in [5.74, 6) is 0. The fraction of sp³-hybridized carbons (Fsp3) is 0. The van der Waals surface area contributed by atoms with Crippen molar-refractivity contribution < 1.29 is 0 Å². The van der Waals surface area contributed by atoms with Crippen LogP contribution in [-0.2, 0) is 0 Å². The molecule has 78 valence electrons. The van der Waals surface area contributed by atoms with Crippen molar-refractivity contribution in [1.29, 1.82) is 0 Å². The molecule has 0 aliphatic carbocycles. The van der Waals surface area contributed by atoms with Crippen molar-refractivity contribution in [3.05, 3.63) is 0 Å². The normalized spacial score (nSPS) is 8.84. The second kappa shape index (κ2) is 9.41. The van der Waals surface area contributed by atoms with Gasteiger partial charge in [0.15, 0.2) is 0 Å². The van der Waals surface area contributed by atoms with Crippen LogP contribution in [0.15, 0.2) is 0 Å². The van der Waals surface area contributed by atoms with Crippen LogP contribution in [0.25, 0.3) is 0 Å². The molecule has 0 unspecified atom stereocenters. The first-order valence-corrected chi connectivity index (χ1v) is 8.57. The van der Waals surface area contributed by atoms with Crippen LogP contribution in [0.5, 0.6) is 0 Å². The van der Waals surface area contributed by atoms with Crippen LogP contribution in [0.4, 0.5) is 0 Å². The summed E-state index contributed by atoms with van der Waals surface area (Å²) in [7, 11) is 21.3. The molecule has 0 N–H and O–H groups in total. The molecule has 0 nitrogen and oxygen atoms in total. The van der Waals surface area contributed by atoms with Crippen molar-refractivity contribution in [2.75, 3.05) is 0 Å². The molecule has 0 atom stereocenters. The van der Waals surface area contributed by atoms with Crippen LogP contribution in [0.3, 0.4) is 0 Å². The van der Waals surface area contributed by atoms with E-state index in [9.17, 15) is 0 Å². The summed E-state index contributed by atoms with van der Waals surface area (Å²) in [5.41, 5.74) is 0. The van der Waals surface area contributed by atoms with Gasteiger partial charge in [-0.2, -0.15) is 0 Å². The van der Waals surface area contributed by atoms with E-state index in [2.05, 4.69) is 75.7 Å². The Morgan fingerprint density at radius 2 is 0.947 bits per heavy atom. The summed E-state index contributed by atoms with van der Waals surface area (Å²) in [4.78, 5) is 0. The monoisotopic (exact) mass is 248 g/mol. The van der Waals surface area contributed by atoms with Crippen molar-refractivity contribution in [2.45, 2.75) is 0 Å². The van der Waals surface area contributed by atoms with Crippen LogP contribution in [-0.4, -0.2) is 127 Å². The molecule has 0 aromatic rings. The van der Waals surface area contributed by atoms with E-state index in [-0.39, 0.29) is 0 Å². The molecule has 19 heteroatoms. The molecule has 0 saturated carbocycles. The molecule has 0 radical (unpaired) electrons. The predicted molar refractivity (Wildman–Crippen MR) is 136 cm³/mol. The van der Waals surface area contributed by atoms with Gasteiger partial charge in [-0.1, -0.05) is 0 Å². The Morgan fingerprint density at radius 3 is 1.16 bits per heavy atom. The maximum atomic E-state index is 5.46. The zero-order valence-corrected chi connectivity index (χ0v) is 15.4. The molecule has 0 aliphatic heterocycles. The number of rotatable bonds is 8. The van der Waals surface area contributed by atoms with E-state index in [0.29, 0.717) is 38.3 Å². The zero-order valence-electron chi connectivity index (χ0n) is 14.6. The van der Waals surface area contributed by atoms with Crippen LogP contribution in [0, 0.1) is 0 Å². The summed E-state index contributed by atoms with van der Waals surface area (Å²) >= 11 is 5.46. The van der Waals surface area contributed by atoms with Crippen molar-refractivity contribution in [3.8, 4) is 0 Å². The predicted octanol–water partition coefficient (Wildman–Crippen LogP) is -11.0. The van der Waals surface area contributed by atoms with Crippen molar-refractivity contribution in [3.63, 3.8) is 0 Å². The van der Waals surface area contributed by atoms with Gasteiger partial charge in [0, 0.05) is 0 Å². The van der Waals surface area contributed by atoms with Crippen LogP contribution < -0.4 is 0 Å². The van der Waals surface area contributed by atoms with Gasteiger partial charge in [0.2, 0.25) is 0 Å². The Hall–Kier alpha value is 1.39. The Kier molecular flexibility index (Phi) is 10.1. The van der Waals surface area contributed by atoms with Gasteiger partial charge in [0.25, 0.3) is 0 Å². The summed E-state index contributed by atoms with van der Waals surface area (Å²) in [6.07, 6.45) is 5.51. The molecule has 0 saturated heterocycles. The Bertz CT molecular complexity index is 244. The van der Waals surface area contributed by atoms with Crippen LogP contribution >= 0.6 is 12.1 Å². The topological polar surface area (TPSA) is 0 Å². The summed E-state index contributed by atoms with van der Waals surface area (Å²) in [6.45, 7) is 0. The van der Waals surface area contributed by atoms with Crippen LogP contribution in [0.1, 0.15) is 0 Å². The molecule has 0 aromatic carbocycles. The third-order valence-corrected chi connectivity index (χ3v) is 5.33. The average Bonchev–Trinajstić information content (AvgIpc) is 2.25. The van der Waals surface area contributed by atoms with Crippen molar-refractivity contribution >= 4 is 139 Å². The van der Waals surface area contributed by atoms with Gasteiger partial charge in [0.05, 0.1) is 0 Å². The van der Waals surface area contributed by atoms with Crippen molar-refractivity contribution in [2.24, 2.45) is 0 Å². The zero-order chi connectivity index (χ0) is 15.3. The fourth-order valence-electron chi connectivity index (χ4n) is 3.94. The Labute approximate surface area is 138 Å². The van der Waals surface area contributed by atoms with Gasteiger partial charge in [-0.15, -0.1) is 0 Å². The Balaban J connectivity index is 5.40. The fourth-order valence-corrected chi connectivity index (χ4v) is 4.31. The summed E-state index contributed by atoms with van der Waals surface area (Å²) in [6, 6.07) is 2.09. The third-order valence-electron chi connectivity index (χ3n) is 5.01. The summed E-state index contributed by atoms with van der Waals surface area (Å²) < 4.78 is 0. The second-order valence-corrected chi connectivity index (χ2v) is 7.98. The molecule has 0 amide bonds. The van der Waals surface area contributed by atoms with Crippen molar-refractivity contribution in [1.82, 2.24) is 0 Å². The molecule has 19 heavy (non-hydrogen) atoms.